The van der Waals surface area contributed by atoms with Crippen LogP contribution in [0.5, 0.6) is 0 Å². The van der Waals surface area contributed by atoms with Gasteiger partial charge in [-0.3, -0.25) is 0 Å². The van der Waals surface area contributed by atoms with Crippen molar-refractivity contribution in [2.24, 2.45) is 0 Å². The minimum atomic E-state index is -0.913. The summed E-state index contributed by atoms with van der Waals surface area (Å²) in [4.78, 5) is 0. The summed E-state index contributed by atoms with van der Waals surface area (Å²) in [5.74, 6) is 0. The maximum atomic E-state index is 9.74. The topological polar surface area (TPSA) is 13.1 Å². The van der Waals surface area contributed by atoms with Crippen molar-refractivity contribution in [3.05, 3.63) is 145 Å². The van der Waals surface area contributed by atoms with Crippen molar-refractivity contribution in [2.75, 3.05) is 0 Å². The van der Waals surface area contributed by atoms with E-state index in [1.807, 2.05) is 0 Å². The van der Waals surface area contributed by atoms with Crippen molar-refractivity contribution in [1.82, 2.24) is 0 Å². The van der Waals surface area contributed by atoms with Crippen LogP contribution in [0.15, 0.2) is 149 Å². The molecule has 1 aromatic heterocycles. The zero-order valence-corrected chi connectivity index (χ0v) is 20.5. The van der Waals surface area contributed by atoms with E-state index in [1.165, 1.54) is 0 Å². The van der Waals surface area contributed by atoms with E-state index >= 15 is 0 Å². The molecule has 1 heterocycles. The summed E-state index contributed by atoms with van der Waals surface area (Å²) in [6.07, 6.45) is 0. The number of fused-ring (bicyclic) bond motifs is 7. The second-order valence-electron chi connectivity index (χ2n) is 9.09. The molecule has 1 nitrogen and oxygen atoms in total. The van der Waals surface area contributed by atoms with Gasteiger partial charge in [0.1, 0.15) is 11.2 Å². The van der Waals surface area contributed by atoms with E-state index in [0.717, 1.165) is 6.07 Å². The molecular formula is C40H24O. The Morgan fingerprint density at radius 3 is 1.56 bits per heavy atom. The lowest BCUT2D eigenvalue weighted by Crippen LogP contribution is -1.91. The molecule has 0 amide bonds. The lowest BCUT2D eigenvalue weighted by Gasteiger charge is -2.18. The van der Waals surface area contributed by atoms with Gasteiger partial charge in [0.15, 0.2) is 0 Å². The van der Waals surface area contributed by atoms with Crippen LogP contribution in [-0.2, 0) is 0 Å². The number of rotatable bonds is 2. The first kappa shape index (κ1) is 9.61. The highest BCUT2D eigenvalue weighted by Crippen LogP contribution is 2.45. The Kier molecular flexibility index (Phi) is 2.00. The first-order valence-electron chi connectivity index (χ1n) is 23.7. The van der Waals surface area contributed by atoms with Gasteiger partial charge >= 0.3 is 0 Å². The largest absolute Gasteiger partial charge is 0.456 e. The molecule has 0 radical (unpaired) electrons. The molecule has 0 N–H and O–H groups in total. The quantitative estimate of drug-likeness (QED) is 0.198. The Labute approximate surface area is 269 Å². The molecule has 0 aliphatic rings. The van der Waals surface area contributed by atoms with Crippen LogP contribution in [0.3, 0.4) is 0 Å². The van der Waals surface area contributed by atoms with E-state index in [0.29, 0.717) is 0 Å². The minimum Gasteiger partial charge on any atom is -0.456 e. The summed E-state index contributed by atoms with van der Waals surface area (Å²) in [5.41, 5.74) is -3.60. The van der Waals surface area contributed by atoms with Crippen LogP contribution < -0.4 is 0 Å². The number of hydrogen-bond donors (Lipinski definition) is 0. The molecule has 9 aromatic rings. The highest BCUT2D eigenvalue weighted by atomic mass is 16.3. The Balaban J connectivity index is 1.61. The summed E-state index contributed by atoms with van der Waals surface area (Å²) < 4.78 is 211. The standard InChI is InChI=1S/C40H24O/c1-2-10-26-21-29(18-17-25(26)9-1)39-31-13-5-7-15-33(31)40(34-16-8-6-14-32(34)39)30-19-20-37-35(23-30)36-22-27-11-3-4-12-28(27)24-38(36)41-37/h1-24H/i1D,2D,3D,4D,5D,6D,7D,8D,10D,11D,12D,13D,14D,15D,16D,17D,18D,19D,20D,21D,22D,23D,24D. The average Bonchev–Trinajstić information content (AvgIpc) is 3.68. The molecule has 190 valence electrons. The number of benzene rings is 8. The molecule has 0 bridgehead atoms. The first-order valence-corrected chi connectivity index (χ1v) is 12.2. The smallest absolute Gasteiger partial charge is 0.136 e. The van der Waals surface area contributed by atoms with Crippen LogP contribution in [0.1, 0.15) is 31.5 Å². The maximum absolute atomic E-state index is 9.74. The lowest BCUT2D eigenvalue weighted by atomic mass is 9.85. The van der Waals surface area contributed by atoms with E-state index in [-0.39, 0.29) is 5.39 Å². The molecule has 0 fully saturated rings. The Morgan fingerprint density at radius 2 is 0.878 bits per heavy atom. The van der Waals surface area contributed by atoms with Gasteiger partial charge < -0.3 is 4.42 Å². The van der Waals surface area contributed by atoms with Crippen LogP contribution in [0.4, 0.5) is 0 Å². The fraction of sp³-hybridized carbons (Fsp3) is 0. The van der Waals surface area contributed by atoms with Gasteiger partial charge in [0.25, 0.3) is 0 Å². The fourth-order valence-corrected chi connectivity index (χ4v) is 5.06. The van der Waals surface area contributed by atoms with Gasteiger partial charge in [-0.05, 0) is 95.6 Å². The Hall–Kier alpha value is -5.40. The van der Waals surface area contributed by atoms with Crippen LogP contribution in [0, 0.1) is 0 Å². The lowest BCUT2D eigenvalue weighted by molar-refractivity contribution is 0.669. The van der Waals surface area contributed by atoms with Gasteiger partial charge in [-0.25, -0.2) is 0 Å². The summed E-state index contributed by atoms with van der Waals surface area (Å²) in [5, 5.41) is -4.87. The van der Waals surface area contributed by atoms with Gasteiger partial charge in [-0.2, -0.15) is 0 Å². The Morgan fingerprint density at radius 1 is 0.366 bits per heavy atom. The third-order valence-corrected chi connectivity index (χ3v) is 6.83. The molecular weight excluding hydrogens is 496 g/mol. The highest BCUT2D eigenvalue weighted by Gasteiger charge is 2.18. The molecule has 1 heteroatoms. The SMILES string of the molecule is [2H]c1cc2c([2H])c([2H])c(-c3c4c([2H])c([2H])c([2H])c([2H])c4c(-c4c([2H])c([2H])c5oc6c([2H])c7c([2H])c([2H])c([2H])c([2H])c7c([2H])c6c5c4[2H])c4c([2H])c([2H])c([2H])c([2H])c34)c([2H])c2c([2H])c1[2H]. The summed E-state index contributed by atoms with van der Waals surface area (Å²) >= 11 is 0. The van der Waals surface area contributed by atoms with Gasteiger partial charge in [0.05, 0.1) is 31.5 Å². The Bertz CT molecular complexity index is 3680. The molecule has 0 aliphatic carbocycles. The fourth-order valence-electron chi connectivity index (χ4n) is 5.06. The predicted molar refractivity (Wildman–Crippen MR) is 175 cm³/mol. The van der Waals surface area contributed by atoms with Crippen molar-refractivity contribution in [1.29, 1.82) is 0 Å². The van der Waals surface area contributed by atoms with Crippen LogP contribution >= 0.6 is 0 Å². The second-order valence-corrected chi connectivity index (χ2v) is 9.09. The van der Waals surface area contributed by atoms with Crippen molar-refractivity contribution in [2.45, 2.75) is 0 Å². The van der Waals surface area contributed by atoms with Crippen LogP contribution in [0.2, 0.25) is 0 Å². The zero-order valence-electron chi connectivity index (χ0n) is 43.5. The maximum Gasteiger partial charge on any atom is 0.136 e. The van der Waals surface area contributed by atoms with E-state index in [4.69, 9.17) is 22.2 Å². The van der Waals surface area contributed by atoms with Crippen molar-refractivity contribution in [3.8, 4) is 22.3 Å². The van der Waals surface area contributed by atoms with Crippen LogP contribution in [0.25, 0.3) is 87.3 Å². The molecule has 0 atom stereocenters. The van der Waals surface area contributed by atoms with Gasteiger partial charge in [0.2, 0.25) is 0 Å². The number of furan rings is 1. The van der Waals surface area contributed by atoms with E-state index < -0.39 is 221 Å². The van der Waals surface area contributed by atoms with E-state index in [1.54, 1.807) is 0 Å². The first-order chi connectivity index (χ1) is 29.9. The molecule has 0 spiro atoms. The van der Waals surface area contributed by atoms with Crippen molar-refractivity contribution >= 4 is 65.0 Å². The molecule has 0 saturated carbocycles. The monoisotopic (exact) mass is 543 g/mol. The van der Waals surface area contributed by atoms with E-state index in [9.17, 15) is 13.7 Å². The molecule has 41 heavy (non-hydrogen) atoms. The second kappa shape index (κ2) is 8.55. The van der Waals surface area contributed by atoms with Gasteiger partial charge in [-0.15, -0.1) is 0 Å². The zero-order chi connectivity index (χ0) is 46.9. The number of hydrogen-bond acceptors (Lipinski definition) is 1. The summed E-state index contributed by atoms with van der Waals surface area (Å²) in [6, 6.07) is -17.0. The van der Waals surface area contributed by atoms with E-state index in [2.05, 4.69) is 0 Å². The van der Waals surface area contributed by atoms with Crippen molar-refractivity contribution in [3.63, 3.8) is 0 Å². The van der Waals surface area contributed by atoms with Crippen LogP contribution in [-0.4, -0.2) is 0 Å². The predicted octanol–water partition coefficient (Wildman–Crippen LogP) is 11.5. The average molecular weight is 544 g/mol. The highest BCUT2D eigenvalue weighted by molar-refractivity contribution is 6.22. The molecule has 8 aromatic carbocycles. The van der Waals surface area contributed by atoms with Gasteiger partial charge in [0, 0.05) is 10.8 Å². The molecule has 0 aliphatic heterocycles. The molecule has 9 rings (SSSR count). The normalized spacial score (nSPS) is 19.8. The summed E-state index contributed by atoms with van der Waals surface area (Å²) in [7, 11) is 0. The third kappa shape index (κ3) is 3.36. The molecule has 0 unspecified atom stereocenters. The third-order valence-electron chi connectivity index (χ3n) is 6.83. The minimum absolute atomic E-state index is 0.256. The summed E-state index contributed by atoms with van der Waals surface area (Å²) in [6.45, 7) is 0. The molecule has 0 saturated heterocycles. The van der Waals surface area contributed by atoms with Gasteiger partial charge in [-0.1, -0.05) is 115 Å². The van der Waals surface area contributed by atoms with Crippen molar-refractivity contribution < 1.29 is 35.9 Å².